The first kappa shape index (κ1) is 13.6. The molecule has 0 radical (unpaired) electrons. The van der Waals surface area contributed by atoms with E-state index in [1.165, 1.54) is 0 Å². The molecule has 2 heterocycles. The fourth-order valence-electron chi connectivity index (χ4n) is 2.48. The lowest BCUT2D eigenvalue weighted by atomic mass is 10.2. The van der Waals surface area contributed by atoms with Crippen molar-refractivity contribution < 1.29 is 4.74 Å². The number of fused-ring (bicyclic) bond motifs is 1. The lowest BCUT2D eigenvalue weighted by molar-refractivity contribution is 0.129. The fraction of sp³-hybridized carbons (Fsp3) is 0.467. The Morgan fingerprint density at radius 3 is 3.05 bits per heavy atom. The van der Waals surface area contributed by atoms with Crippen LogP contribution in [0, 0.1) is 0 Å². The second-order valence-electron chi connectivity index (χ2n) is 4.91. The molecule has 0 saturated carbocycles. The minimum Gasteiger partial charge on any atom is -0.377 e. The average Bonchev–Trinajstić information content (AvgIpc) is 2.99. The molecular weight excluding hydrogens is 272 g/mol. The normalized spacial score (nSPS) is 18.8. The van der Waals surface area contributed by atoms with Gasteiger partial charge in [-0.15, -0.1) is 0 Å². The highest BCUT2D eigenvalue weighted by atomic mass is 32.2. The molecule has 0 spiro atoms. The number of benzene rings is 1. The smallest absolute Gasteiger partial charge is 0.262 e. The van der Waals surface area contributed by atoms with Crippen LogP contribution in [0.3, 0.4) is 0 Å². The van der Waals surface area contributed by atoms with Gasteiger partial charge < -0.3 is 4.74 Å². The fourth-order valence-corrected chi connectivity index (χ4v) is 3.61. The summed E-state index contributed by atoms with van der Waals surface area (Å²) in [6, 6.07) is 7.53. The third-order valence-electron chi connectivity index (χ3n) is 3.57. The molecular formula is C15H18N2O2S. The molecule has 1 aromatic carbocycles. The number of ether oxygens (including phenoxy) is 1. The lowest BCUT2D eigenvalue weighted by Crippen LogP contribution is -2.23. The molecule has 1 unspecified atom stereocenters. The van der Waals surface area contributed by atoms with Crippen LogP contribution < -0.4 is 5.56 Å². The number of hydrogen-bond acceptors (Lipinski definition) is 4. The van der Waals surface area contributed by atoms with Crippen LogP contribution in [0.5, 0.6) is 0 Å². The predicted molar refractivity (Wildman–Crippen MR) is 81.4 cm³/mol. The van der Waals surface area contributed by atoms with Gasteiger partial charge in [-0.25, -0.2) is 4.98 Å². The summed E-state index contributed by atoms with van der Waals surface area (Å²) in [5, 5.41) is 1.49. The Labute approximate surface area is 122 Å². The minimum absolute atomic E-state index is 0.0490. The van der Waals surface area contributed by atoms with Gasteiger partial charge in [-0.1, -0.05) is 23.9 Å². The predicted octanol–water partition coefficient (Wildman–Crippen LogP) is 2.69. The van der Waals surface area contributed by atoms with Gasteiger partial charge in [-0.05, 0) is 31.9 Å². The van der Waals surface area contributed by atoms with E-state index in [2.05, 4.69) is 4.98 Å². The highest BCUT2D eigenvalue weighted by Crippen LogP contribution is 2.23. The van der Waals surface area contributed by atoms with Crippen molar-refractivity contribution in [1.82, 2.24) is 9.55 Å². The molecule has 0 amide bonds. The van der Waals surface area contributed by atoms with E-state index >= 15 is 0 Å². The van der Waals surface area contributed by atoms with Crippen LogP contribution in [0.15, 0.2) is 34.2 Å². The van der Waals surface area contributed by atoms with Gasteiger partial charge in [0, 0.05) is 18.9 Å². The van der Waals surface area contributed by atoms with Crippen molar-refractivity contribution in [3.8, 4) is 0 Å². The van der Waals surface area contributed by atoms with Crippen molar-refractivity contribution in [1.29, 1.82) is 0 Å². The summed E-state index contributed by atoms with van der Waals surface area (Å²) in [4.78, 5) is 17.1. The Morgan fingerprint density at radius 1 is 1.45 bits per heavy atom. The van der Waals surface area contributed by atoms with Crippen molar-refractivity contribution in [3.05, 3.63) is 34.6 Å². The molecule has 0 bridgehead atoms. The van der Waals surface area contributed by atoms with Crippen molar-refractivity contribution in [2.24, 2.45) is 0 Å². The Bertz CT molecular complexity index is 662. The number of thioether (sulfide) groups is 1. The molecule has 1 aliphatic heterocycles. The number of nitrogens with zero attached hydrogens (tertiary/aromatic N) is 2. The zero-order valence-corrected chi connectivity index (χ0v) is 12.4. The van der Waals surface area contributed by atoms with E-state index in [1.54, 1.807) is 16.3 Å². The van der Waals surface area contributed by atoms with E-state index in [4.69, 9.17) is 4.74 Å². The van der Waals surface area contributed by atoms with Crippen LogP contribution in [-0.4, -0.2) is 28.0 Å². The standard InChI is InChI=1S/C15H18N2O2S/c1-2-17-14(18)12-7-3-4-8-13(12)16-15(17)20-10-11-6-5-9-19-11/h3-4,7-8,11H,2,5-6,9-10H2,1H3. The number of rotatable bonds is 4. The summed E-state index contributed by atoms with van der Waals surface area (Å²) in [7, 11) is 0. The van der Waals surface area contributed by atoms with E-state index in [0.717, 1.165) is 35.9 Å². The van der Waals surface area contributed by atoms with Crippen LogP contribution in [0.1, 0.15) is 19.8 Å². The first-order chi connectivity index (χ1) is 9.79. The van der Waals surface area contributed by atoms with E-state index in [9.17, 15) is 4.79 Å². The molecule has 5 heteroatoms. The maximum absolute atomic E-state index is 12.5. The second-order valence-corrected chi connectivity index (χ2v) is 5.89. The molecule has 0 N–H and O–H groups in total. The molecule has 1 aliphatic rings. The largest absolute Gasteiger partial charge is 0.377 e. The maximum Gasteiger partial charge on any atom is 0.262 e. The summed E-state index contributed by atoms with van der Waals surface area (Å²) in [5.41, 5.74) is 0.824. The third kappa shape index (κ3) is 2.60. The Kier molecular flexibility index (Phi) is 4.08. The molecule has 1 aromatic heterocycles. The maximum atomic E-state index is 12.5. The molecule has 3 rings (SSSR count). The summed E-state index contributed by atoms with van der Waals surface area (Å²) >= 11 is 1.62. The zero-order chi connectivity index (χ0) is 13.9. The highest BCUT2D eigenvalue weighted by molar-refractivity contribution is 7.99. The van der Waals surface area contributed by atoms with Gasteiger partial charge in [-0.3, -0.25) is 9.36 Å². The van der Waals surface area contributed by atoms with Crippen molar-refractivity contribution in [2.75, 3.05) is 12.4 Å². The topological polar surface area (TPSA) is 44.1 Å². The average molecular weight is 290 g/mol. The first-order valence-corrected chi connectivity index (χ1v) is 8.02. The third-order valence-corrected chi connectivity index (χ3v) is 4.67. The Hall–Kier alpha value is -1.33. The Balaban J connectivity index is 1.94. The summed E-state index contributed by atoms with van der Waals surface area (Å²) < 4.78 is 7.38. The van der Waals surface area contributed by atoms with Crippen molar-refractivity contribution in [3.63, 3.8) is 0 Å². The SMILES string of the molecule is CCn1c(SCC2CCCO2)nc2ccccc2c1=O. The van der Waals surface area contributed by atoms with Crippen LogP contribution in [0.25, 0.3) is 10.9 Å². The molecule has 20 heavy (non-hydrogen) atoms. The molecule has 106 valence electrons. The van der Waals surface area contributed by atoms with Crippen LogP contribution in [0.4, 0.5) is 0 Å². The van der Waals surface area contributed by atoms with Gasteiger partial charge in [0.15, 0.2) is 5.16 Å². The number of aromatic nitrogens is 2. The second kappa shape index (κ2) is 5.97. The molecule has 4 nitrogen and oxygen atoms in total. The number of hydrogen-bond donors (Lipinski definition) is 0. The number of para-hydroxylation sites is 1. The molecule has 2 aromatic rings. The van der Waals surface area contributed by atoms with Gasteiger partial charge in [0.1, 0.15) is 0 Å². The Morgan fingerprint density at radius 2 is 2.30 bits per heavy atom. The molecule has 1 fully saturated rings. The summed E-state index contributed by atoms with van der Waals surface area (Å²) in [5.74, 6) is 0.866. The molecule has 0 aliphatic carbocycles. The van der Waals surface area contributed by atoms with Crippen LogP contribution >= 0.6 is 11.8 Å². The van der Waals surface area contributed by atoms with Gasteiger partial charge >= 0.3 is 0 Å². The van der Waals surface area contributed by atoms with Gasteiger partial charge in [-0.2, -0.15) is 0 Å². The van der Waals surface area contributed by atoms with Gasteiger partial charge in [0.05, 0.1) is 17.0 Å². The van der Waals surface area contributed by atoms with E-state index < -0.39 is 0 Å². The van der Waals surface area contributed by atoms with E-state index in [0.29, 0.717) is 18.0 Å². The summed E-state index contributed by atoms with van der Waals surface area (Å²) in [6.07, 6.45) is 2.54. The van der Waals surface area contributed by atoms with Gasteiger partial charge in [0.2, 0.25) is 0 Å². The van der Waals surface area contributed by atoms with E-state index in [1.807, 2.05) is 31.2 Å². The van der Waals surface area contributed by atoms with E-state index in [-0.39, 0.29) is 5.56 Å². The molecule has 1 atom stereocenters. The van der Waals surface area contributed by atoms with Gasteiger partial charge in [0.25, 0.3) is 5.56 Å². The van der Waals surface area contributed by atoms with Crippen molar-refractivity contribution >= 4 is 22.7 Å². The summed E-state index contributed by atoms with van der Waals surface area (Å²) in [6.45, 7) is 3.48. The first-order valence-electron chi connectivity index (χ1n) is 7.03. The molecule has 1 saturated heterocycles. The zero-order valence-electron chi connectivity index (χ0n) is 11.5. The van der Waals surface area contributed by atoms with Crippen LogP contribution in [0.2, 0.25) is 0 Å². The highest BCUT2D eigenvalue weighted by Gasteiger charge is 2.17. The lowest BCUT2D eigenvalue weighted by Gasteiger charge is -2.13. The van der Waals surface area contributed by atoms with Crippen molar-refractivity contribution in [2.45, 2.75) is 37.6 Å². The monoisotopic (exact) mass is 290 g/mol. The van der Waals surface area contributed by atoms with Crippen LogP contribution in [-0.2, 0) is 11.3 Å². The quantitative estimate of drug-likeness (QED) is 0.641. The minimum atomic E-state index is 0.0490.